The molecule has 4 rings (SSSR count). The molecule has 0 radical (unpaired) electrons. The van der Waals surface area contributed by atoms with E-state index >= 15 is 0 Å². The van der Waals surface area contributed by atoms with Crippen LogP contribution in [0.25, 0.3) is 10.9 Å². The summed E-state index contributed by atoms with van der Waals surface area (Å²) in [6.07, 6.45) is 0. The Morgan fingerprint density at radius 3 is 2.54 bits per heavy atom. The third-order valence-electron chi connectivity index (χ3n) is 5.27. The van der Waals surface area contributed by atoms with Crippen LogP contribution in [-0.2, 0) is 19.0 Å². The highest BCUT2D eigenvalue weighted by Gasteiger charge is 2.34. The number of para-hydroxylation sites is 1. The van der Waals surface area contributed by atoms with Crippen LogP contribution in [0.3, 0.4) is 0 Å². The molecule has 0 unspecified atom stereocenters. The monoisotopic (exact) mass is 379 g/mol. The first-order chi connectivity index (χ1) is 13.2. The van der Waals surface area contributed by atoms with E-state index in [4.69, 9.17) is 0 Å². The maximum Gasteiger partial charge on any atom is 0.275 e. The molecule has 0 saturated carbocycles. The van der Waals surface area contributed by atoms with E-state index in [1.54, 1.807) is 21.7 Å². The van der Waals surface area contributed by atoms with Gasteiger partial charge in [-0.05, 0) is 12.1 Å². The Morgan fingerprint density at radius 1 is 1.11 bits per heavy atom. The van der Waals surface area contributed by atoms with Crippen molar-refractivity contribution >= 4 is 16.8 Å². The largest absolute Gasteiger partial charge is 0.336 e. The molecule has 7 heteroatoms. The molecule has 3 aromatic rings. The fourth-order valence-corrected chi connectivity index (χ4v) is 3.60. The van der Waals surface area contributed by atoms with Crippen molar-refractivity contribution < 1.29 is 4.79 Å². The Kier molecular flexibility index (Phi) is 4.33. The maximum atomic E-state index is 12.9. The van der Waals surface area contributed by atoms with Crippen LogP contribution in [0.2, 0.25) is 0 Å². The Morgan fingerprint density at radius 2 is 1.82 bits per heavy atom. The fraction of sp³-hybridized carbons (Fsp3) is 0.429. The minimum Gasteiger partial charge on any atom is -0.336 e. The van der Waals surface area contributed by atoms with Crippen molar-refractivity contribution in [3.8, 4) is 0 Å². The van der Waals surface area contributed by atoms with Gasteiger partial charge >= 0.3 is 0 Å². The van der Waals surface area contributed by atoms with Gasteiger partial charge in [0.15, 0.2) is 5.69 Å². The molecule has 0 bridgehead atoms. The van der Waals surface area contributed by atoms with Gasteiger partial charge in [0.1, 0.15) is 0 Å². The van der Waals surface area contributed by atoms with Crippen LogP contribution in [0.5, 0.6) is 0 Å². The van der Waals surface area contributed by atoms with Crippen molar-refractivity contribution in [3.05, 3.63) is 58.1 Å². The fourth-order valence-electron chi connectivity index (χ4n) is 3.60. The molecule has 1 aromatic carbocycles. The van der Waals surface area contributed by atoms with Gasteiger partial charge in [-0.2, -0.15) is 10.2 Å². The SMILES string of the molecule is Cn1nc(C(=O)N2CC(Cn3nc(C(C)(C)C)ccc3=O)C2)c2ccccc21. The molecule has 2 aromatic heterocycles. The molecule has 1 fully saturated rings. The van der Waals surface area contributed by atoms with Crippen LogP contribution in [0.4, 0.5) is 0 Å². The molecule has 1 aliphatic heterocycles. The Balaban J connectivity index is 1.46. The van der Waals surface area contributed by atoms with Crippen LogP contribution in [-0.4, -0.2) is 43.5 Å². The summed E-state index contributed by atoms with van der Waals surface area (Å²) in [6.45, 7) is 7.96. The summed E-state index contributed by atoms with van der Waals surface area (Å²) in [7, 11) is 1.85. The molecule has 146 valence electrons. The lowest BCUT2D eigenvalue weighted by molar-refractivity contribution is 0.0453. The van der Waals surface area contributed by atoms with Crippen molar-refractivity contribution in [2.75, 3.05) is 13.1 Å². The van der Waals surface area contributed by atoms with Crippen molar-refractivity contribution in [2.24, 2.45) is 13.0 Å². The molecule has 0 atom stereocenters. The van der Waals surface area contributed by atoms with Gasteiger partial charge in [-0.1, -0.05) is 39.0 Å². The number of benzene rings is 1. The van der Waals surface area contributed by atoms with Gasteiger partial charge in [-0.15, -0.1) is 0 Å². The number of carbonyl (C=O) groups excluding carboxylic acids is 1. The van der Waals surface area contributed by atoms with E-state index in [0.29, 0.717) is 25.3 Å². The number of fused-ring (bicyclic) bond motifs is 1. The lowest BCUT2D eigenvalue weighted by atomic mass is 9.92. The highest BCUT2D eigenvalue weighted by atomic mass is 16.2. The number of hydrogen-bond acceptors (Lipinski definition) is 4. The van der Waals surface area contributed by atoms with Crippen molar-refractivity contribution in [1.82, 2.24) is 24.5 Å². The summed E-state index contributed by atoms with van der Waals surface area (Å²) in [6, 6.07) is 11.1. The highest BCUT2D eigenvalue weighted by Crippen LogP contribution is 2.24. The van der Waals surface area contributed by atoms with Gasteiger partial charge in [0, 0.05) is 42.9 Å². The van der Waals surface area contributed by atoms with Crippen LogP contribution >= 0.6 is 0 Å². The molecule has 3 heterocycles. The van der Waals surface area contributed by atoms with Crippen LogP contribution in [0.1, 0.15) is 37.0 Å². The second kappa shape index (κ2) is 6.58. The van der Waals surface area contributed by atoms with Gasteiger partial charge in [0.2, 0.25) is 0 Å². The quantitative estimate of drug-likeness (QED) is 0.699. The minimum atomic E-state index is -0.114. The average molecular weight is 379 g/mol. The molecule has 1 amide bonds. The summed E-state index contributed by atoms with van der Waals surface area (Å²) in [4.78, 5) is 26.8. The van der Waals surface area contributed by atoms with E-state index in [0.717, 1.165) is 16.6 Å². The Hall–Kier alpha value is -2.96. The van der Waals surface area contributed by atoms with E-state index in [2.05, 4.69) is 31.0 Å². The number of aromatic nitrogens is 4. The van der Waals surface area contributed by atoms with Gasteiger partial charge in [-0.3, -0.25) is 14.3 Å². The smallest absolute Gasteiger partial charge is 0.275 e. The lowest BCUT2D eigenvalue weighted by Crippen LogP contribution is -2.52. The first-order valence-electron chi connectivity index (χ1n) is 9.53. The van der Waals surface area contributed by atoms with Crippen molar-refractivity contribution in [2.45, 2.75) is 32.7 Å². The zero-order valence-electron chi connectivity index (χ0n) is 16.7. The van der Waals surface area contributed by atoms with Crippen LogP contribution in [0.15, 0.2) is 41.2 Å². The van der Waals surface area contributed by atoms with Gasteiger partial charge in [0.25, 0.3) is 11.5 Å². The zero-order valence-corrected chi connectivity index (χ0v) is 16.7. The molecule has 1 saturated heterocycles. The minimum absolute atomic E-state index is 0.0585. The summed E-state index contributed by atoms with van der Waals surface area (Å²) >= 11 is 0. The number of likely N-dealkylation sites (tertiary alicyclic amines) is 1. The molecule has 0 N–H and O–H groups in total. The summed E-state index contributed by atoms with van der Waals surface area (Å²) in [5.41, 5.74) is 2.10. The lowest BCUT2D eigenvalue weighted by Gasteiger charge is -2.39. The topological polar surface area (TPSA) is 73.0 Å². The zero-order chi connectivity index (χ0) is 20.1. The Labute approximate surface area is 163 Å². The van der Waals surface area contributed by atoms with E-state index in [1.165, 1.54) is 4.68 Å². The second-order valence-corrected chi connectivity index (χ2v) is 8.55. The molecule has 0 aliphatic carbocycles. The average Bonchev–Trinajstić information content (AvgIpc) is 2.95. The molecule has 0 spiro atoms. The van der Waals surface area contributed by atoms with E-state index in [9.17, 15) is 9.59 Å². The molecular weight excluding hydrogens is 354 g/mol. The highest BCUT2D eigenvalue weighted by molar-refractivity contribution is 6.05. The van der Waals surface area contributed by atoms with E-state index in [-0.39, 0.29) is 22.8 Å². The third kappa shape index (κ3) is 3.21. The summed E-state index contributed by atoms with van der Waals surface area (Å²) < 4.78 is 3.27. The van der Waals surface area contributed by atoms with Gasteiger partial charge < -0.3 is 4.90 Å². The third-order valence-corrected chi connectivity index (χ3v) is 5.27. The van der Waals surface area contributed by atoms with Crippen LogP contribution in [0, 0.1) is 5.92 Å². The van der Waals surface area contributed by atoms with Crippen LogP contribution < -0.4 is 5.56 Å². The predicted octanol–water partition coefficient (Wildman–Crippen LogP) is 2.20. The number of amides is 1. The van der Waals surface area contributed by atoms with E-state index < -0.39 is 0 Å². The normalized spacial score (nSPS) is 15.1. The van der Waals surface area contributed by atoms with Crippen molar-refractivity contribution in [1.29, 1.82) is 0 Å². The maximum absolute atomic E-state index is 12.9. The Bertz CT molecular complexity index is 1100. The number of rotatable bonds is 3. The predicted molar refractivity (Wildman–Crippen MR) is 107 cm³/mol. The first kappa shape index (κ1) is 18.4. The summed E-state index contributed by atoms with van der Waals surface area (Å²) in [5.74, 6) is 0.163. The number of carbonyl (C=O) groups is 1. The standard InChI is InChI=1S/C21H25N5O2/c1-21(2,3)17-9-10-18(27)26(22-17)13-14-11-25(12-14)20(28)19-15-7-5-6-8-16(15)24(4)23-19/h5-10,14H,11-13H2,1-4H3. The number of nitrogens with zero attached hydrogens (tertiary/aromatic N) is 5. The van der Waals surface area contributed by atoms with E-state index in [1.807, 2.05) is 31.3 Å². The second-order valence-electron chi connectivity index (χ2n) is 8.55. The summed E-state index contributed by atoms with van der Waals surface area (Å²) in [5, 5.41) is 9.80. The molecular formula is C21H25N5O2. The number of aryl methyl sites for hydroxylation is 1. The number of hydrogen-bond donors (Lipinski definition) is 0. The first-order valence-corrected chi connectivity index (χ1v) is 9.53. The molecule has 7 nitrogen and oxygen atoms in total. The van der Waals surface area contributed by atoms with Gasteiger partial charge in [-0.25, -0.2) is 4.68 Å². The molecule has 1 aliphatic rings. The van der Waals surface area contributed by atoms with Crippen molar-refractivity contribution in [3.63, 3.8) is 0 Å². The van der Waals surface area contributed by atoms with Gasteiger partial charge in [0.05, 0.1) is 17.8 Å². The molecule has 28 heavy (non-hydrogen) atoms.